The molecule has 0 spiro atoms. The summed E-state index contributed by atoms with van der Waals surface area (Å²) in [5, 5.41) is 7.64. The predicted molar refractivity (Wildman–Crippen MR) is 139 cm³/mol. The lowest BCUT2D eigenvalue weighted by molar-refractivity contribution is 0.0940. The highest BCUT2D eigenvalue weighted by molar-refractivity contribution is 9.10. The van der Waals surface area contributed by atoms with Crippen LogP contribution in [-0.4, -0.2) is 22.2 Å². The maximum absolute atomic E-state index is 14.8. The third kappa shape index (κ3) is 5.50. The minimum Gasteiger partial charge on any atom is -0.350 e. The Kier molecular flexibility index (Phi) is 8.05. The fourth-order valence-electron chi connectivity index (χ4n) is 4.90. The van der Waals surface area contributed by atoms with Gasteiger partial charge in [-0.15, -0.1) is 0 Å². The second kappa shape index (κ2) is 11.0. The molecule has 0 radical (unpaired) electrons. The highest BCUT2D eigenvalue weighted by Crippen LogP contribution is 2.38. The summed E-state index contributed by atoms with van der Waals surface area (Å²) in [6, 6.07) is 9.34. The monoisotopic (exact) mass is 543 g/mol. The lowest BCUT2D eigenvalue weighted by Gasteiger charge is -2.19. The van der Waals surface area contributed by atoms with E-state index < -0.39 is 11.6 Å². The first-order valence-corrected chi connectivity index (χ1v) is 13.3. The molecule has 0 saturated heterocycles. The summed E-state index contributed by atoms with van der Waals surface area (Å²) >= 11 is 3.52. The third-order valence-corrected chi connectivity index (χ3v) is 7.63. The van der Waals surface area contributed by atoms with E-state index in [1.54, 1.807) is 0 Å². The van der Waals surface area contributed by atoms with E-state index in [1.807, 2.05) is 18.2 Å². The number of carbonyl (C=O) groups excluding carboxylic acids is 1. The van der Waals surface area contributed by atoms with E-state index in [4.69, 9.17) is 0 Å². The first-order valence-electron chi connectivity index (χ1n) is 12.5. The van der Waals surface area contributed by atoms with E-state index in [-0.39, 0.29) is 11.6 Å². The second-order valence-corrected chi connectivity index (χ2v) is 10.5. The smallest absolute Gasteiger partial charge is 0.272 e. The minimum atomic E-state index is -0.721. The number of rotatable bonds is 9. The average Bonchev–Trinajstić information content (AvgIpc) is 3.22. The summed E-state index contributed by atoms with van der Waals surface area (Å²) < 4.78 is 30.8. The van der Waals surface area contributed by atoms with Crippen LogP contribution in [0.3, 0.4) is 0 Å². The van der Waals surface area contributed by atoms with Crippen LogP contribution in [-0.2, 0) is 12.8 Å². The van der Waals surface area contributed by atoms with Crippen LogP contribution in [0.2, 0.25) is 0 Å². The molecule has 7 heteroatoms. The number of nitrogens with one attached hydrogen (secondary N) is 1. The van der Waals surface area contributed by atoms with E-state index >= 15 is 0 Å². The van der Waals surface area contributed by atoms with Gasteiger partial charge in [-0.05, 0) is 60.9 Å². The summed E-state index contributed by atoms with van der Waals surface area (Å²) in [6.07, 6.45) is 5.95. The molecule has 1 aromatic heterocycles. The van der Waals surface area contributed by atoms with Crippen LogP contribution in [0.5, 0.6) is 0 Å². The minimum absolute atomic E-state index is 0.121. The van der Waals surface area contributed by atoms with E-state index in [0.717, 1.165) is 52.4 Å². The number of aromatic nitrogens is 2. The Bertz CT molecular complexity index is 1220. The lowest BCUT2D eigenvalue weighted by atomic mass is 9.88. The molecule has 1 atom stereocenters. The molecule has 1 heterocycles. The molecule has 1 aliphatic rings. The zero-order chi connectivity index (χ0) is 25.1. The Labute approximate surface area is 214 Å². The summed E-state index contributed by atoms with van der Waals surface area (Å²) in [5.41, 5.74) is 3.92. The van der Waals surface area contributed by atoms with Crippen molar-refractivity contribution in [3.05, 3.63) is 69.3 Å². The van der Waals surface area contributed by atoms with Crippen molar-refractivity contribution in [1.82, 2.24) is 15.1 Å². The molecule has 4 nitrogen and oxygen atoms in total. The second-order valence-electron chi connectivity index (χ2n) is 9.56. The van der Waals surface area contributed by atoms with Gasteiger partial charge in [0, 0.05) is 28.2 Å². The molecule has 2 aromatic carbocycles. The van der Waals surface area contributed by atoms with Crippen LogP contribution in [0.15, 0.2) is 40.9 Å². The van der Waals surface area contributed by atoms with Gasteiger partial charge in [0.15, 0.2) is 11.5 Å². The van der Waals surface area contributed by atoms with Crippen LogP contribution in [0, 0.1) is 23.5 Å². The van der Waals surface area contributed by atoms with Crippen molar-refractivity contribution in [2.75, 3.05) is 6.54 Å². The van der Waals surface area contributed by atoms with Gasteiger partial charge in [-0.25, -0.2) is 13.5 Å². The van der Waals surface area contributed by atoms with Gasteiger partial charge in [0.25, 0.3) is 5.91 Å². The number of fused-ring (bicyclic) bond motifs is 3. The van der Waals surface area contributed by atoms with Crippen molar-refractivity contribution in [3.63, 3.8) is 0 Å². The molecule has 1 amide bonds. The molecular formula is C28H32BrF2N3O. The molecule has 0 bridgehead atoms. The van der Waals surface area contributed by atoms with Crippen LogP contribution >= 0.6 is 15.9 Å². The average molecular weight is 544 g/mol. The van der Waals surface area contributed by atoms with Gasteiger partial charge in [-0.1, -0.05) is 62.0 Å². The molecule has 1 aliphatic carbocycles. The molecule has 186 valence electrons. The number of hydrogen-bond acceptors (Lipinski definition) is 2. The van der Waals surface area contributed by atoms with Crippen molar-refractivity contribution in [2.24, 2.45) is 11.8 Å². The van der Waals surface area contributed by atoms with Gasteiger partial charge in [0.1, 0.15) is 11.5 Å². The van der Waals surface area contributed by atoms with Gasteiger partial charge < -0.3 is 5.32 Å². The molecular weight excluding hydrogens is 512 g/mol. The van der Waals surface area contributed by atoms with Gasteiger partial charge in [0.2, 0.25) is 0 Å². The number of benzene rings is 2. The molecule has 1 N–H and O–H groups in total. The van der Waals surface area contributed by atoms with E-state index in [1.165, 1.54) is 29.7 Å². The van der Waals surface area contributed by atoms with Gasteiger partial charge in [-0.2, -0.15) is 5.10 Å². The van der Waals surface area contributed by atoms with E-state index in [2.05, 4.69) is 47.1 Å². The van der Waals surface area contributed by atoms with Crippen LogP contribution in [0.25, 0.3) is 16.9 Å². The fraction of sp³-hybridized carbons (Fsp3) is 0.429. The number of hydrogen-bond donors (Lipinski definition) is 1. The number of aryl methyl sites for hydroxylation is 1. The van der Waals surface area contributed by atoms with Crippen LogP contribution in [0.4, 0.5) is 8.78 Å². The Morgan fingerprint density at radius 3 is 2.60 bits per heavy atom. The SMILES string of the molecule is CCC(CC)CCC(C)CNC(=O)c1nn(-c2ccc(F)cc2F)c2c1CCc1cc(Br)ccc1-2. The maximum atomic E-state index is 14.8. The zero-order valence-electron chi connectivity index (χ0n) is 20.5. The Balaban J connectivity index is 1.65. The molecule has 3 aromatic rings. The quantitative estimate of drug-likeness (QED) is 0.308. The molecule has 0 aliphatic heterocycles. The van der Waals surface area contributed by atoms with Crippen molar-refractivity contribution in [2.45, 2.75) is 59.3 Å². The number of nitrogens with zero attached hydrogens (tertiary/aromatic N) is 2. The number of carbonyl (C=O) groups is 1. The standard InChI is InChI=1S/C28H32BrF2N3O/c1-4-18(5-2)7-6-17(3)16-32-28(35)26-23-11-8-19-14-20(29)9-12-22(19)27(23)34(33-26)25-13-10-21(30)15-24(25)31/h9-10,12-15,17-18H,4-8,11,16H2,1-3H3,(H,32,35). The summed E-state index contributed by atoms with van der Waals surface area (Å²) in [7, 11) is 0. The molecule has 4 rings (SSSR count). The van der Waals surface area contributed by atoms with Crippen molar-refractivity contribution < 1.29 is 13.6 Å². The highest BCUT2D eigenvalue weighted by atomic mass is 79.9. The fourth-order valence-corrected chi connectivity index (χ4v) is 5.31. The first-order chi connectivity index (χ1) is 16.8. The predicted octanol–water partition coefficient (Wildman–Crippen LogP) is 7.26. The van der Waals surface area contributed by atoms with Crippen LogP contribution in [0.1, 0.15) is 68.1 Å². The summed E-state index contributed by atoms with van der Waals surface area (Å²) in [5.74, 6) is -0.553. The lowest BCUT2D eigenvalue weighted by Crippen LogP contribution is -2.29. The topological polar surface area (TPSA) is 46.9 Å². The Morgan fingerprint density at radius 1 is 1.11 bits per heavy atom. The third-order valence-electron chi connectivity index (χ3n) is 7.14. The zero-order valence-corrected chi connectivity index (χ0v) is 22.1. The first kappa shape index (κ1) is 25.5. The van der Waals surface area contributed by atoms with Crippen LogP contribution < -0.4 is 5.32 Å². The highest BCUT2D eigenvalue weighted by Gasteiger charge is 2.30. The Hall–Kier alpha value is -2.54. The van der Waals surface area contributed by atoms with Crippen molar-refractivity contribution in [1.29, 1.82) is 0 Å². The number of amides is 1. The maximum Gasteiger partial charge on any atom is 0.272 e. The molecule has 0 saturated carbocycles. The number of halogens is 3. The van der Waals surface area contributed by atoms with E-state index in [9.17, 15) is 13.6 Å². The molecule has 0 fully saturated rings. The van der Waals surface area contributed by atoms with Crippen molar-refractivity contribution >= 4 is 21.8 Å². The van der Waals surface area contributed by atoms with Gasteiger partial charge in [-0.3, -0.25) is 4.79 Å². The Morgan fingerprint density at radius 2 is 1.89 bits per heavy atom. The van der Waals surface area contributed by atoms with Gasteiger partial charge >= 0.3 is 0 Å². The summed E-state index contributed by atoms with van der Waals surface area (Å²) in [6.45, 7) is 7.16. The normalized spacial score (nSPS) is 13.5. The largest absolute Gasteiger partial charge is 0.350 e. The van der Waals surface area contributed by atoms with E-state index in [0.29, 0.717) is 30.3 Å². The van der Waals surface area contributed by atoms with Crippen molar-refractivity contribution in [3.8, 4) is 16.9 Å². The molecule has 1 unspecified atom stereocenters. The molecule has 35 heavy (non-hydrogen) atoms. The summed E-state index contributed by atoms with van der Waals surface area (Å²) in [4.78, 5) is 13.3. The van der Waals surface area contributed by atoms with Gasteiger partial charge in [0.05, 0.1) is 5.69 Å².